The number of halogens is 6. The van der Waals surface area contributed by atoms with Crippen molar-refractivity contribution in [2.45, 2.75) is 51.4 Å². The molecule has 224 valence electrons. The number of benzene rings is 2. The van der Waals surface area contributed by atoms with E-state index in [9.17, 15) is 41.2 Å². The maximum atomic E-state index is 13.4. The molecule has 2 aromatic carbocycles. The van der Waals surface area contributed by atoms with E-state index in [-0.39, 0.29) is 35.9 Å². The lowest BCUT2D eigenvalue weighted by atomic mass is 10.0. The first-order valence-electron chi connectivity index (χ1n) is 11.9. The third kappa shape index (κ3) is 8.59. The Kier molecular flexibility index (Phi) is 9.34. The number of carbonyl (C=O) groups excluding carboxylic acids is 1. The number of hydrogen-bond donors (Lipinski definition) is 1. The summed E-state index contributed by atoms with van der Waals surface area (Å²) in [5, 5.41) is 26.4. The van der Waals surface area contributed by atoms with E-state index in [0.717, 1.165) is 4.80 Å². The maximum absolute atomic E-state index is 13.4. The third-order valence-electron chi connectivity index (χ3n) is 5.45. The Bertz CT molecular complexity index is 1490. The van der Waals surface area contributed by atoms with E-state index in [1.54, 1.807) is 0 Å². The Morgan fingerprint density at radius 2 is 1.74 bits per heavy atom. The summed E-state index contributed by atoms with van der Waals surface area (Å²) >= 11 is 0. The molecule has 1 N–H and O–H groups in total. The topological polar surface area (TPSA) is 137 Å². The summed E-state index contributed by atoms with van der Waals surface area (Å²) in [6.45, 7) is 1.50. The van der Waals surface area contributed by atoms with Gasteiger partial charge in [0.15, 0.2) is 5.69 Å². The van der Waals surface area contributed by atoms with Crippen molar-refractivity contribution in [3.8, 4) is 23.1 Å². The van der Waals surface area contributed by atoms with E-state index in [4.69, 9.17) is 19.3 Å². The summed E-state index contributed by atoms with van der Waals surface area (Å²) in [6, 6.07) is 8.48. The van der Waals surface area contributed by atoms with Crippen molar-refractivity contribution >= 4 is 12.1 Å². The van der Waals surface area contributed by atoms with Crippen LogP contribution in [-0.2, 0) is 39.8 Å². The first-order valence-corrected chi connectivity index (χ1v) is 11.9. The number of rotatable bonds is 10. The van der Waals surface area contributed by atoms with E-state index in [1.165, 1.54) is 38.1 Å². The highest BCUT2D eigenvalue weighted by molar-refractivity contribution is 5.69. The number of aliphatic carboxylic acids is 1. The molecule has 42 heavy (non-hydrogen) atoms. The molecule has 0 spiro atoms. The molecule has 0 fully saturated rings. The average Bonchev–Trinajstić information content (AvgIpc) is 3.28. The number of carboxylic acids is 1. The van der Waals surface area contributed by atoms with Gasteiger partial charge in [0.05, 0.1) is 24.1 Å². The van der Waals surface area contributed by atoms with Crippen LogP contribution >= 0.6 is 0 Å². The average molecular weight is 600 g/mol. The highest BCUT2D eigenvalue weighted by Crippen LogP contribution is 2.37. The largest absolute Gasteiger partial charge is 0.508 e. The summed E-state index contributed by atoms with van der Waals surface area (Å²) in [4.78, 5) is 23.7. The van der Waals surface area contributed by atoms with Crippen molar-refractivity contribution < 1.29 is 55.2 Å². The zero-order chi connectivity index (χ0) is 31.3. The van der Waals surface area contributed by atoms with Crippen LogP contribution < -0.4 is 4.74 Å². The molecule has 0 atom stereocenters. The van der Waals surface area contributed by atoms with Crippen LogP contribution in [-0.4, -0.2) is 44.4 Å². The van der Waals surface area contributed by atoms with Gasteiger partial charge in [0.1, 0.15) is 36.3 Å². The number of ether oxygens (including phenoxy) is 3. The Morgan fingerprint density at radius 3 is 2.36 bits per heavy atom. The molecule has 0 bridgehead atoms. The van der Waals surface area contributed by atoms with Gasteiger partial charge in [-0.05, 0) is 44.2 Å². The molecule has 3 aromatic rings. The first-order chi connectivity index (χ1) is 19.5. The minimum absolute atomic E-state index is 0.0217. The number of nitriles is 1. The van der Waals surface area contributed by atoms with Crippen LogP contribution in [0, 0.1) is 11.3 Å². The van der Waals surface area contributed by atoms with Crippen LogP contribution in [0.4, 0.5) is 31.1 Å². The fourth-order valence-corrected chi connectivity index (χ4v) is 3.64. The molecule has 0 saturated carbocycles. The number of carboxylic acid groups (broad SMARTS) is 1. The molecule has 16 heteroatoms. The predicted molar refractivity (Wildman–Crippen MR) is 130 cm³/mol. The molecule has 0 amide bonds. The molecule has 0 aliphatic heterocycles. The van der Waals surface area contributed by atoms with E-state index in [2.05, 4.69) is 10.2 Å². The molecule has 0 aliphatic carbocycles. The highest BCUT2D eigenvalue weighted by atomic mass is 19.4. The fraction of sp³-hybridized carbons (Fsp3) is 0.346. The molecule has 1 heterocycles. The summed E-state index contributed by atoms with van der Waals surface area (Å²) in [7, 11) is 0. The second-order valence-electron chi connectivity index (χ2n) is 9.32. The SMILES string of the molecule is CC(C)(CC(=O)O)OC(=O)OCCn1nc(C#N)c(-c2cccc(OCc3cc(C(F)(F)F)ccc3C(F)(F)F)c2)n1. The van der Waals surface area contributed by atoms with E-state index >= 15 is 0 Å². The van der Waals surface area contributed by atoms with Crippen molar-refractivity contribution in [3.05, 3.63) is 64.8 Å². The van der Waals surface area contributed by atoms with Gasteiger partial charge in [-0.2, -0.15) is 41.5 Å². The zero-order valence-electron chi connectivity index (χ0n) is 21.9. The molecular weight excluding hydrogens is 578 g/mol. The van der Waals surface area contributed by atoms with Gasteiger partial charge in [-0.25, -0.2) is 4.79 Å². The molecule has 0 aliphatic rings. The van der Waals surface area contributed by atoms with Gasteiger partial charge in [-0.15, -0.1) is 5.10 Å². The second kappa shape index (κ2) is 12.4. The number of aromatic nitrogens is 3. The predicted octanol–water partition coefficient (Wildman–Crippen LogP) is 5.84. The van der Waals surface area contributed by atoms with Crippen LogP contribution in [0.1, 0.15) is 42.7 Å². The Labute approximate surface area is 234 Å². The van der Waals surface area contributed by atoms with Gasteiger partial charge in [-0.3, -0.25) is 4.79 Å². The standard InChI is InChI=1S/C26H22F6N4O6/c1-24(2,12-21(37)38)42-23(39)40-9-8-36-34-20(13-33)22(35-36)15-4-3-5-18(11-15)41-14-16-10-17(25(27,28)29)6-7-19(16)26(30,31)32/h3-7,10-11H,8-9,12,14H2,1-2H3,(H,37,38). The van der Waals surface area contributed by atoms with Crippen LogP contribution in [0.15, 0.2) is 42.5 Å². The molecule has 3 rings (SSSR count). The minimum atomic E-state index is -4.92. The van der Waals surface area contributed by atoms with Gasteiger partial charge in [0, 0.05) is 11.1 Å². The number of alkyl halides is 6. The van der Waals surface area contributed by atoms with Crippen LogP contribution in [0.3, 0.4) is 0 Å². The van der Waals surface area contributed by atoms with Gasteiger partial charge < -0.3 is 19.3 Å². The summed E-state index contributed by atoms with van der Waals surface area (Å²) in [6.07, 6.45) is -11.4. The lowest BCUT2D eigenvalue weighted by Crippen LogP contribution is -2.31. The van der Waals surface area contributed by atoms with Gasteiger partial charge in [-0.1, -0.05) is 12.1 Å². The number of hydrogen-bond acceptors (Lipinski definition) is 8. The fourth-order valence-electron chi connectivity index (χ4n) is 3.64. The number of nitrogens with zero attached hydrogens (tertiary/aromatic N) is 4. The number of carbonyl (C=O) groups is 2. The van der Waals surface area contributed by atoms with E-state index < -0.39 is 59.8 Å². The van der Waals surface area contributed by atoms with Crippen molar-refractivity contribution in [3.63, 3.8) is 0 Å². The lowest BCUT2D eigenvalue weighted by Gasteiger charge is -2.22. The van der Waals surface area contributed by atoms with Crippen molar-refractivity contribution in [2.75, 3.05) is 6.61 Å². The van der Waals surface area contributed by atoms with Crippen molar-refractivity contribution in [1.29, 1.82) is 5.26 Å². The summed E-state index contributed by atoms with van der Waals surface area (Å²) in [5.41, 5.74) is -4.45. The Morgan fingerprint density at radius 1 is 1.02 bits per heavy atom. The van der Waals surface area contributed by atoms with Gasteiger partial charge in [0.25, 0.3) is 0 Å². The van der Waals surface area contributed by atoms with Crippen LogP contribution in [0.25, 0.3) is 11.3 Å². The van der Waals surface area contributed by atoms with Crippen LogP contribution in [0.5, 0.6) is 5.75 Å². The smallest absolute Gasteiger partial charge is 0.489 e. The Hall–Kier alpha value is -4.81. The molecular formula is C26H22F6N4O6. The molecule has 0 radical (unpaired) electrons. The normalized spacial score (nSPS) is 12.0. The molecule has 1 aromatic heterocycles. The van der Waals surface area contributed by atoms with Crippen molar-refractivity contribution in [2.24, 2.45) is 0 Å². The quantitative estimate of drug-likeness (QED) is 0.225. The minimum Gasteiger partial charge on any atom is -0.489 e. The second-order valence-corrected chi connectivity index (χ2v) is 9.32. The van der Waals surface area contributed by atoms with E-state index in [0.29, 0.717) is 18.2 Å². The summed E-state index contributed by atoms with van der Waals surface area (Å²) in [5.74, 6) is -1.20. The van der Waals surface area contributed by atoms with Gasteiger partial charge in [0.2, 0.25) is 0 Å². The zero-order valence-corrected chi connectivity index (χ0v) is 21.9. The van der Waals surface area contributed by atoms with Crippen molar-refractivity contribution in [1.82, 2.24) is 15.0 Å². The van der Waals surface area contributed by atoms with E-state index in [1.807, 2.05) is 6.07 Å². The lowest BCUT2D eigenvalue weighted by molar-refractivity contribution is -0.142. The molecule has 0 saturated heterocycles. The Balaban J connectivity index is 1.72. The maximum Gasteiger partial charge on any atom is 0.508 e. The van der Waals surface area contributed by atoms with Gasteiger partial charge >= 0.3 is 24.5 Å². The monoisotopic (exact) mass is 600 g/mol. The van der Waals surface area contributed by atoms with Crippen LogP contribution in [0.2, 0.25) is 0 Å². The molecule has 0 unspecified atom stereocenters. The third-order valence-corrected chi connectivity index (χ3v) is 5.45. The molecule has 10 nitrogen and oxygen atoms in total. The first kappa shape index (κ1) is 31.7. The summed E-state index contributed by atoms with van der Waals surface area (Å²) < 4.78 is 94.6. The highest BCUT2D eigenvalue weighted by Gasteiger charge is 2.37.